The predicted molar refractivity (Wildman–Crippen MR) is 69.2 cm³/mol. The van der Waals surface area contributed by atoms with Crippen LogP contribution < -0.4 is 5.32 Å². The highest BCUT2D eigenvalue weighted by Crippen LogP contribution is 2.25. The third-order valence-electron chi connectivity index (χ3n) is 4.06. The van der Waals surface area contributed by atoms with Crippen molar-refractivity contribution in [2.24, 2.45) is 5.92 Å². The first kappa shape index (κ1) is 14.5. The lowest BCUT2D eigenvalue weighted by molar-refractivity contribution is -0.144. The molecule has 0 amide bonds. The van der Waals surface area contributed by atoms with Crippen molar-refractivity contribution in [1.82, 2.24) is 10.2 Å². The molecule has 1 aliphatic rings. The molecule has 1 unspecified atom stereocenters. The summed E-state index contributed by atoms with van der Waals surface area (Å²) in [6.45, 7) is 3.69. The van der Waals surface area contributed by atoms with Crippen LogP contribution in [0, 0.1) is 5.92 Å². The van der Waals surface area contributed by atoms with Gasteiger partial charge in [-0.05, 0) is 46.2 Å². The maximum atomic E-state index is 11.1. The van der Waals surface area contributed by atoms with Gasteiger partial charge in [0.05, 0.1) is 0 Å². The summed E-state index contributed by atoms with van der Waals surface area (Å²) in [6.07, 6.45) is 6.05. The molecule has 0 aromatic rings. The minimum absolute atomic E-state index is 0.641. The van der Waals surface area contributed by atoms with Crippen LogP contribution in [0.2, 0.25) is 0 Å². The number of carboxylic acids is 1. The third kappa shape index (κ3) is 4.28. The van der Waals surface area contributed by atoms with Crippen LogP contribution in [0.25, 0.3) is 0 Å². The number of hydrogen-bond donors (Lipinski definition) is 2. The molecular formula is C13H26N2O2. The zero-order valence-corrected chi connectivity index (χ0v) is 11.3. The van der Waals surface area contributed by atoms with E-state index in [1.54, 1.807) is 14.0 Å². The van der Waals surface area contributed by atoms with Gasteiger partial charge in [0.25, 0.3) is 0 Å². The van der Waals surface area contributed by atoms with Crippen molar-refractivity contribution in [3.8, 4) is 0 Å². The average Bonchev–Trinajstić information content (AvgIpc) is 2.78. The van der Waals surface area contributed by atoms with Gasteiger partial charge < -0.3 is 15.3 Å². The second-order valence-electron chi connectivity index (χ2n) is 5.55. The van der Waals surface area contributed by atoms with Crippen LogP contribution in [0.3, 0.4) is 0 Å². The maximum Gasteiger partial charge on any atom is 0.323 e. The molecule has 1 atom stereocenters. The quantitative estimate of drug-likeness (QED) is 0.711. The summed E-state index contributed by atoms with van der Waals surface area (Å²) < 4.78 is 0. The van der Waals surface area contributed by atoms with Crippen LogP contribution >= 0.6 is 0 Å². The van der Waals surface area contributed by atoms with Gasteiger partial charge in [0.1, 0.15) is 5.54 Å². The van der Waals surface area contributed by atoms with Crippen molar-refractivity contribution >= 4 is 5.97 Å². The molecule has 4 nitrogen and oxygen atoms in total. The molecule has 0 bridgehead atoms. The summed E-state index contributed by atoms with van der Waals surface area (Å²) in [4.78, 5) is 13.4. The summed E-state index contributed by atoms with van der Waals surface area (Å²) >= 11 is 0. The summed E-state index contributed by atoms with van der Waals surface area (Å²) in [6, 6.07) is 0. The molecule has 0 aromatic heterocycles. The maximum absolute atomic E-state index is 11.1. The van der Waals surface area contributed by atoms with E-state index in [2.05, 4.69) is 17.3 Å². The Morgan fingerprint density at radius 2 is 2.06 bits per heavy atom. The highest BCUT2D eigenvalue weighted by atomic mass is 16.4. The zero-order chi connectivity index (χ0) is 12.9. The standard InChI is InChI=1S/C13H26N2O2/c1-13(14-2,12(16)17)8-9-15(3)10-11-6-4-5-7-11/h11,14H,4-10H2,1-3H3,(H,16,17). The van der Waals surface area contributed by atoms with Crippen LogP contribution in [0.1, 0.15) is 39.0 Å². The van der Waals surface area contributed by atoms with Gasteiger partial charge in [-0.2, -0.15) is 0 Å². The van der Waals surface area contributed by atoms with E-state index in [1.807, 2.05) is 0 Å². The molecule has 100 valence electrons. The van der Waals surface area contributed by atoms with Gasteiger partial charge in [0.15, 0.2) is 0 Å². The molecule has 1 fully saturated rings. The van der Waals surface area contributed by atoms with Gasteiger partial charge in [-0.25, -0.2) is 0 Å². The molecule has 1 rings (SSSR count). The van der Waals surface area contributed by atoms with E-state index in [1.165, 1.54) is 25.7 Å². The first-order valence-electron chi connectivity index (χ1n) is 6.59. The topological polar surface area (TPSA) is 52.6 Å². The summed E-state index contributed by atoms with van der Waals surface area (Å²) in [5.74, 6) is 0.0555. The number of likely N-dealkylation sites (N-methyl/N-ethyl adjacent to an activating group) is 1. The molecule has 1 aliphatic carbocycles. The third-order valence-corrected chi connectivity index (χ3v) is 4.06. The summed E-state index contributed by atoms with van der Waals surface area (Å²) in [5, 5.41) is 12.0. The number of nitrogens with one attached hydrogen (secondary N) is 1. The van der Waals surface area contributed by atoms with E-state index in [4.69, 9.17) is 5.11 Å². The van der Waals surface area contributed by atoms with Crippen LogP contribution in [-0.4, -0.2) is 48.7 Å². The van der Waals surface area contributed by atoms with E-state index < -0.39 is 11.5 Å². The van der Waals surface area contributed by atoms with Gasteiger partial charge in [-0.15, -0.1) is 0 Å². The lowest BCUT2D eigenvalue weighted by atomic mass is 9.98. The Hall–Kier alpha value is -0.610. The Morgan fingerprint density at radius 1 is 1.47 bits per heavy atom. The molecule has 0 spiro atoms. The lowest BCUT2D eigenvalue weighted by Gasteiger charge is -2.28. The van der Waals surface area contributed by atoms with E-state index in [0.29, 0.717) is 6.42 Å². The monoisotopic (exact) mass is 242 g/mol. The molecule has 0 aliphatic heterocycles. The van der Waals surface area contributed by atoms with Gasteiger partial charge in [0.2, 0.25) is 0 Å². The molecule has 2 N–H and O–H groups in total. The summed E-state index contributed by atoms with van der Waals surface area (Å²) in [5.41, 5.74) is -0.802. The fourth-order valence-corrected chi connectivity index (χ4v) is 2.48. The number of carbonyl (C=O) groups is 1. The van der Waals surface area contributed by atoms with E-state index in [-0.39, 0.29) is 0 Å². The second kappa shape index (κ2) is 6.36. The first-order valence-corrected chi connectivity index (χ1v) is 6.59. The molecule has 0 heterocycles. The van der Waals surface area contributed by atoms with Gasteiger partial charge in [-0.1, -0.05) is 12.8 Å². The normalized spacial score (nSPS) is 20.7. The van der Waals surface area contributed by atoms with Crippen molar-refractivity contribution in [2.45, 2.75) is 44.6 Å². The van der Waals surface area contributed by atoms with Crippen molar-refractivity contribution in [1.29, 1.82) is 0 Å². The summed E-state index contributed by atoms with van der Waals surface area (Å²) in [7, 11) is 3.81. The van der Waals surface area contributed by atoms with Crippen molar-refractivity contribution in [3.05, 3.63) is 0 Å². The Labute approximate surface area is 104 Å². The van der Waals surface area contributed by atoms with Gasteiger partial charge in [0, 0.05) is 13.1 Å². The van der Waals surface area contributed by atoms with Crippen molar-refractivity contribution < 1.29 is 9.90 Å². The van der Waals surface area contributed by atoms with E-state index in [0.717, 1.165) is 19.0 Å². The number of nitrogens with zero attached hydrogens (tertiary/aromatic N) is 1. The van der Waals surface area contributed by atoms with Crippen LogP contribution in [0.4, 0.5) is 0 Å². The molecule has 0 saturated heterocycles. The average molecular weight is 242 g/mol. The van der Waals surface area contributed by atoms with Crippen molar-refractivity contribution in [2.75, 3.05) is 27.2 Å². The molecule has 0 aromatic carbocycles. The molecule has 1 saturated carbocycles. The van der Waals surface area contributed by atoms with E-state index >= 15 is 0 Å². The van der Waals surface area contributed by atoms with Crippen LogP contribution in [0.5, 0.6) is 0 Å². The van der Waals surface area contributed by atoms with Gasteiger partial charge >= 0.3 is 5.97 Å². The van der Waals surface area contributed by atoms with Crippen molar-refractivity contribution in [3.63, 3.8) is 0 Å². The Kier molecular flexibility index (Phi) is 5.40. The largest absolute Gasteiger partial charge is 0.480 e. The second-order valence-corrected chi connectivity index (χ2v) is 5.55. The Balaban J connectivity index is 2.30. The molecule has 4 heteroatoms. The molecular weight excluding hydrogens is 216 g/mol. The van der Waals surface area contributed by atoms with E-state index in [9.17, 15) is 4.79 Å². The fourth-order valence-electron chi connectivity index (χ4n) is 2.48. The number of rotatable bonds is 7. The number of hydrogen-bond acceptors (Lipinski definition) is 3. The lowest BCUT2D eigenvalue weighted by Crippen LogP contribution is -2.49. The highest BCUT2D eigenvalue weighted by Gasteiger charge is 2.31. The van der Waals surface area contributed by atoms with Crippen LogP contribution in [0.15, 0.2) is 0 Å². The van der Waals surface area contributed by atoms with Crippen LogP contribution in [-0.2, 0) is 4.79 Å². The number of carboxylic acid groups (broad SMARTS) is 1. The first-order chi connectivity index (χ1) is 7.98. The zero-order valence-electron chi connectivity index (χ0n) is 11.3. The smallest absolute Gasteiger partial charge is 0.323 e. The fraction of sp³-hybridized carbons (Fsp3) is 0.923. The minimum Gasteiger partial charge on any atom is -0.480 e. The molecule has 17 heavy (non-hydrogen) atoms. The number of aliphatic carboxylic acids is 1. The molecule has 0 radical (unpaired) electrons. The van der Waals surface area contributed by atoms with Gasteiger partial charge in [-0.3, -0.25) is 4.79 Å². The minimum atomic E-state index is -0.802. The Morgan fingerprint density at radius 3 is 2.53 bits per heavy atom. The Bertz CT molecular complexity index is 252. The highest BCUT2D eigenvalue weighted by molar-refractivity contribution is 5.78. The SMILES string of the molecule is CNC(C)(CCN(C)CC1CCCC1)C(=O)O. The predicted octanol–water partition coefficient (Wildman–Crippen LogP) is 1.56.